The predicted octanol–water partition coefficient (Wildman–Crippen LogP) is 4.19. The van der Waals surface area contributed by atoms with Gasteiger partial charge in [0.1, 0.15) is 5.84 Å². The van der Waals surface area contributed by atoms with Gasteiger partial charge in [0.15, 0.2) is 0 Å². The van der Waals surface area contributed by atoms with Gasteiger partial charge in [-0.15, -0.1) is 0 Å². The molecule has 0 saturated heterocycles. The average Bonchev–Trinajstić information content (AvgIpc) is 2.63. The SMILES string of the molecule is O=C(NC(=Nc1ccccc1)c1ccccc1)c1ccccc1. The second-order valence-corrected chi connectivity index (χ2v) is 4.98. The molecule has 112 valence electrons. The lowest BCUT2D eigenvalue weighted by Crippen LogP contribution is -2.31. The van der Waals surface area contributed by atoms with Gasteiger partial charge >= 0.3 is 0 Å². The van der Waals surface area contributed by atoms with Crippen molar-refractivity contribution in [2.45, 2.75) is 0 Å². The van der Waals surface area contributed by atoms with Crippen molar-refractivity contribution in [2.24, 2.45) is 4.99 Å². The van der Waals surface area contributed by atoms with Crippen LogP contribution >= 0.6 is 0 Å². The minimum absolute atomic E-state index is 0.177. The Balaban J connectivity index is 1.93. The molecule has 1 N–H and O–H groups in total. The van der Waals surface area contributed by atoms with Crippen LogP contribution in [0.15, 0.2) is 96.0 Å². The lowest BCUT2D eigenvalue weighted by atomic mass is 10.1. The molecule has 0 aromatic heterocycles. The molecular formula is C20H16N2O. The first-order valence-corrected chi connectivity index (χ1v) is 7.38. The molecule has 0 radical (unpaired) electrons. The molecule has 0 aliphatic heterocycles. The van der Waals surface area contributed by atoms with Crippen LogP contribution in [-0.4, -0.2) is 11.7 Å². The summed E-state index contributed by atoms with van der Waals surface area (Å²) in [6.45, 7) is 0. The summed E-state index contributed by atoms with van der Waals surface area (Å²) in [5, 5.41) is 2.91. The smallest absolute Gasteiger partial charge is 0.256 e. The summed E-state index contributed by atoms with van der Waals surface area (Å²) in [4.78, 5) is 17.0. The van der Waals surface area contributed by atoms with E-state index in [0.29, 0.717) is 11.4 Å². The number of carbonyl (C=O) groups excluding carboxylic acids is 1. The van der Waals surface area contributed by atoms with Crippen LogP contribution in [0.1, 0.15) is 15.9 Å². The Kier molecular flexibility index (Phi) is 4.60. The highest BCUT2D eigenvalue weighted by Gasteiger charge is 2.10. The van der Waals surface area contributed by atoms with E-state index in [2.05, 4.69) is 10.3 Å². The second-order valence-electron chi connectivity index (χ2n) is 4.98. The highest BCUT2D eigenvalue weighted by Crippen LogP contribution is 2.13. The van der Waals surface area contributed by atoms with Crippen LogP contribution in [-0.2, 0) is 0 Å². The normalized spacial score (nSPS) is 11.0. The highest BCUT2D eigenvalue weighted by molar-refractivity contribution is 6.13. The largest absolute Gasteiger partial charge is 0.306 e. The fourth-order valence-electron chi connectivity index (χ4n) is 2.16. The molecule has 3 aromatic carbocycles. The summed E-state index contributed by atoms with van der Waals surface area (Å²) in [5.74, 6) is 0.356. The first-order chi connectivity index (χ1) is 11.3. The zero-order chi connectivity index (χ0) is 15.9. The lowest BCUT2D eigenvalue weighted by Gasteiger charge is -2.09. The van der Waals surface area contributed by atoms with E-state index in [4.69, 9.17) is 0 Å². The Labute approximate surface area is 135 Å². The molecule has 23 heavy (non-hydrogen) atoms. The van der Waals surface area contributed by atoms with Crippen molar-refractivity contribution < 1.29 is 4.79 Å². The van der Waals surface area contributed by atoms with E-state index in [1.54, 1.807) is 12.1 Å². The minimum Gasteiger partial charge on any atom is -0.306 e. The van der Waals surface area contributed by atoms with Crippen molar-refractivity contribution >= 4 is 17.4 Å². The molecule has 3 nitrogen and oxygen atoms in total. The van der Waals surface area contributed by atoms with Gasteiger partial charge in [-0.05, 0) is 24.3 Å². The Morgan fingerprint density at radius 1 is 0.652 bits per heavy atom. The van der Waals surface area contributed by atoms with Crippen LogP contribution in [0.4, 0.5) is 5.69 Å². The molecule has 0 bridgehead atoms. The van der Waals surface area contributed by atoms with Crippen LogP contribution in [0.3, 0.4) is 0 Å². The van der Waals surface area contributed by atoms with E-state index in [1.165, 1.54) is 0 Å². The maximum Gasteiger partial charge on any atom is 0.256 e. The topological polar surface area (TPSA) is 41.5 Å². The van der Waals surface area contributed by atoms with Gasteiger partial charge in [-0.1, -0.05) is 66.7 Å². The standard InChI is InChI=1S/C20H16N2O/c23-20(17-12-6-2-7-13-17)22-19(16-10-4-1-5-11-16)21-18-14-8-3-9-15-18/h1-15H,(H,21,22,23). The summed E-state index contributed by atoms with van der Waals surface area (Å²) in [5.41, 5.74) is 2.25. The minimum atomic E-state index is -0.177. The van der Waals surface area contributed by atoms with E-state index in [0.717, 1.165) is 11.3 Å². The zero-order valence-electron chi connectivity index (χ0n) is 12.5. The van der Waals surface area contributed by atoms with E-state index in [-0.39, 0.29) is 5.91 Å². The van der Waals surface area contributed by atoms with Crippen LogP contribution in [0.25, 0.3) is 0 Å². The van der Waals surface area contributed by atoms with Gasteiger partial charge in [0, 0.05) is 11.1 Å². The number of nitrogens with one attached hydrogen (secondary N) is 1. The third-order valence-corrected chi connectivity index (χ3v) is 3.31. The quantitative estimate of drug-likeness (QED) is 0.572. The Morgan fingerprint density at radius 2 is 1.13 bits per heavy atom. The molecule has 0 atom stereocenters. The summed E-state index contributed by atoms with van der Waals surface area (Å²) in [6, 6.07) is 28.3. The number of rotatable bonds is 3. The van der Waals surface area contributed by atoms with E-state index >= 15 is 0 Å². The van der Waals surface area contributed by atoms with Crippen LogP contribution in [0.5, 0.6) is 0 Å². The van der Waals surface area contributed by atoms with Crippen molar-refractivity contribution in [1.82, 2.24) is 5.32 Å². The molecule has 0 aliphatic rings. The van der Waals surface area contributed by atoms with Gasteiger partial charge < -0.3 is 5.32 Å². The molecule has 0 spiro atoms. The third-order valence-electron chi connectivity index (χ3n) is 3.31. The maximum atomic E-state index is 12.4. The van der Waals surface area contributed by atoms with Crippen molar-refractivity contribution in [1.29, 1.82) is 0 Å². The van der Waals surface area contributed by atoms with E-state index < -0.39 is 0 Å². The molecule has 0 unspecified atom stereocenters. The Morgan fingerprint density at radius 3 is 1.70 bits per heavy atom. The van der Waals surface area contributed by atoms with Crippen molar-refractivity contribution in [3.63, 3.8) is 0 Å². The molecular weight excluding hydrogens is 284 g/mol. The van der Waals surface area contributed by atoms with Gasteiger partial charge in [0.2, 0.25) is 0 Å². The summed E-state index contributed by atoms with van der Waals surface area (Å²) >= 11 is 0. The molecule has 3 rings (SSSR count). The van der Waals surface area contributed by atoms with Gasteiger partial charge in [0.05, 0.1) is 5.69 Å². The Hall–Kier alpha value is -3.20. The van der Waals surface area contributed by atoms with E-state index in [9.17, 15) is 4.79 Å². The summed E-state index contributed by atoms with van der Waals surface area (Å²) in [7, 11) is 0. The number of nitrogens with zero attached hydrogens (tertiary/aromatic N) is 1. The van der Waals surface area contributed by atoms with Crippen LogP contribution in [0, 0.1) is 0 Å². The summed E-state index contributed by atoms with van der Waals surface area (Å²) in [6.07, 6.45) is 0. The second kappa shape index (κ2) is 7.18. The molecule has 0 aliphatic carbocycles. The van der Waals surface area contributed by atoms with Crippen molar-refractivity contribution in [2.75, 3.05) is 0 Å². The average molecular weight is 300 g/mol. The third kappa shape index (κ3) is 3.92. The zero-order valence-corrected chi connectivity index (χ0v) is 12.5. The highest BCUT2D eigenvalue weighted by atomic mass is 16.1. The van der Waals surface area contributed by atoms with Gasteiger partial charge in [-0.3, -0.25) is 4.79 Å². The van der Waals surface area contributed by atoms with Gasteiger partial charge in [0.25, 0.3) is 5.91 Å². The van der Waals surface area contributed by atoms with Crippen molar-refractivity contribution in [3.8, 4) is 0 Å². The number of aliphatic imine (C=N–C) groups is 1. The fraction of sp³-hybridized carbons (Fsp3) is 0. The number of hydrogen-bond acceptors (Lipinski definition) is 2. The molecule has 0 fully saturated rings. The van der Waals surface area contributed by atoms with Gasteiger partial charge in [-0.2, -0.15) is 0 Å². The first-order valence-electron chi connectivity index (χ1n) is 7.38. The number of para-hydroxylation sites is 1. The van der Waals surface area contributed by atoms with Crippen LogP contribution in [0.2, 0.25) is 0 Å². The monoisotopic (exact) mass is 300 g/mol. The number of benzene rings is 3. The summed E-state index contributed by atoms with van der Waals surface area (Å²) < 4.78 is 0. The number of hydrogen-bond donors (Lipinski definition) is 1. The number of carbonyl (C=O) groups is 1. The molecule has 3 heteroatoms. The molecule has 0 saturated carbocycles. The van der Waals surface area contributed by atoms with E-state index in [1.807, 2.05) is 78.9 Å². The molecule has 1 amide bonds. The Bertz CT molecular complexity index is 797. The maximum absolute atomic E-state index is 12.4. The number of amidine groups is 1. The molecule has 0 heterocycles. The number of amides is 1. The van der Waals surface area contributed by atoms with Crippen LogP contribution < -0.4 is 5.32 Å². The van der Waals surface area contributed by atoms with Gasteiger partial charge in [-0.25, -0.2) is 4.99 Å². The molecule has 3 aromatic rings. The predicted molar refractivity (Wildman–Crippen MR) is 93.0 cm³/mol. The fourth-order valence-corrected chi connectivity index (χ4v) is 2.16. The first kappa shape index (κ1) is 14.7. The van der Waals surface area contributed by atoms with Crippen molar-refractivity contribution in [3.05, 3.63) is 102 Å². The lowest BCUT2D eigenvalue weighted by molar-refractivity contribution is 0.0977.